The van der Waals surface area contributed by atoms with Gasteiger partial charge in [-0.15, -0.1) is 0 Å². The molecule has 9 nitrogen and oxygen atoms in total. The number of nitrogens with one attached hydrogen (secondary N) is 1. The van der Waals surface area contributed by atoms with Crippen LogP contribution in [0.3, 0.4) is 0 Å². The van der Waals surface area contributed by atoms with Crippen molar-refractivity contribution in [2.75, 3.05) is 13.2 Å². The zero-order valence-electron chi connectivity index (χ0n) is 36.9. The number of rotatable bonds is 35. The van der Waals surface area contributed by atoms with E-state index in [1.54, 1.807) is 6.08 Å². The summed E-state index contributed by atoms with van der Waals surface area (Å²) in [6.45, 7) is 3.51. The van der Waals surface area contributed by atoms with Crippen molar-refractivity contribution < 1.29 is 39.8 Å². The highest BCUT2D eigenvalue weighted by Crippen LogP contribution is 2.22. The molecule has 1 saturated heterocycles. The minimum absolute atomic E-state index is 0.221. The standard InChI is InChI=1S/C51H81NO8/c1-3-5-7-9-11-13-14-15-16-17-18-19-20-21-22-23-24-25-26-27-28-29-30-31-32-33-35-37-39-41-47(55)52-44(45(54)40-38-36-34-12-10-8-6-4-2)43-59-51-50(58)49(57)48(56)46(42-53)60-51/h5,7,10-13,15-16,18-19,21-22,24-25,27-28,30-31,38,40,44-46,48-51,53-54,56-58H,3-4,6,8-9,14,17,20,23,26,29,32-37,39,41-43H2,1-2H3,(H,52,55)/b7-5-,12-10+,13-11-,16-15-,19-18-,22-21-,25-24-,28-27-,31-30-,40-38+. The predicted octanol–water partition coefficient (Wildman–Crippen LogP) is 9.66. The molecule has 0 aromatic heterocycles. The van der Waals surface area contributed by atoms with Crippen LogP contribution in [0.5, 0.6) is 0 Å². The number of hydrogen-bond donors (Lipinski definition) is 6. The summed E-state index contributed by atoms with van der Waals surface area (Å²) in [4.78, 5) is 12.9. The first-order valence-corrected chi connectivity index (χ1v) is 22.8. The summed E-state index contributed by atoms with van der Waals surface area (Å²) in [5.41, 5.74) is 0. The molecule has 0 aliphatic carbocycles. The van der Waals surface area contributed by atoms with E-state index in [0.717, 1.165) is 109 Å². The van der Waals surface area contributed by atoms with Crippen LogP contribution in [0.1, 0.15) is 136 Å². The zero-order chi connectivity index (χ0) is 43.7. The summed E-state index contributed by atoms with van der Waals surface area (Å²) in [6.07, 6.45) is 52.7. The number of hydrogen-bond acceptors (Lipinski definition) is 8. The number of unbranched alkanes of at least 4 members (excludes halogenated alkanes) is 7. The van der Waals surface area contributed by atoms with Crippen LogP contribution in [0.2, 0.25) is 0 Å². The summed E-state index contributed by atoms with van der Waals surface area (Å²) >= 11 is 0. The largest absolute Gasteiger partial charge is 0.394 e. The van der Waals surface area contributed by atoms with Gasteiger partial charge in [0.2, 0.25) is 5.91 Å². The van der Waals surface area contributed by atoms with Crippen molar-refractivity contribution in [2.24, 2.45) is 0 Å². The smallest absolute Gasteiger partial charge is 0.220 e. The zero-order valence-corrected chi connectivity index (χ0v) is 36.9. The molecule has 1 heterocycles. The van der Waals surface area contributed by atoms with Gasteiger partial charge in [0, 0.05) is 6.42 Å². The molecule has 338 valence electrons. The molecule has 7 unspecified atom stereocenters. The third kappa shape index (κ3) is 29.8. The number of carbonyl (C=O) groups is 1. The lowest BCUT2D eigenvalue weighted by Crippen LogP contribution is -2.60. The molecule has 0 aromatic carbocycles. The van der Waals surface area contributed by atoms with Crippen molar-refractivity contribution in [3.05, 3.63) is 122 Å². The molecule has 0 radical (unpaired) electrons. The monoisotopic (exact) mass is 836 g/mol. The first kappa shape index (κ1) is 54.6. The highest BCUT2D eigenvalue weighted by Gasteiger charge is 2.44. The maximum atomic E-state index is 12.9. The third-order valence-electron chi connectivity index (χ3n) is 9.77. The van der Waals surface area contributed by atoms with Gasteiger partial charge in [0.05, 0.1) is 25.4 Å². The lowest BCUT2D eigenvalue weighted by molar-refractivity contribution is -0.302. The van der Waals surface area contributed by atoms with E-state index < -0.39 is 49.5 Å². The van der Waals surface area contributed by atoms with Crippen molar-refractivity contribution >= 4 is 5.91 Å². The van der Waals surface area contributed by atoms with E-state index in [-0.39, 0.29) is 12.5 Å². The Morgan fingerprint density at radius 3 is 1.58 bits per heavy atom. The molecule has 0 saturated carbocycles. The van der Waals surface area contributed by atoms with E-state index in [2.05, 4.69) is 129 Å². The third-order valence-corrected chi connectivity index (χ3v) is 9.77. The number of amides is 1. The van der Waals surface area contributed by atoms with E-state index in [1.165, 1.54) is 0 Å². The fraction of sp³-hybridized carbons (Fsp3) is 0.588. The predicted molar refractivity (Wildman–Crippen MR) is 248 cm³/mol. The molecule has 0 aromatic rings. The first-order chi connectivity index (χ1) is 29.3. The Kier molecular flexibility index (Phi) is 36.1. The van der Waals surface area contributed by atoms with Crippen molar-refractivity contribution in [2.45, 2.75) is 179 Å². The first-order valence-electron chi connectivity index (χ1n) is 22.8. The van der Waals surface area contributed by atoms with Crippen molar-refractivity contribution in [1.82, 2.24) is 5.32 Å². The Hall–Kier alpha value is -3.41. The van der Waals surface area contributed by atoms with Crippen molar-refractivity contribution in [3.63, 3.8) is 0 Å². The van der Waals surface area contributed by atoms with Gasteiger partial charge < -0.3 is 40.3 Å². The van der Waals surface area contributed by atoms with Gasteiger partial charge in [-0.25, -0.2) is 0 Å². The second kappa shape index (κ2) is 39.7. The average Bonchev–Trinajstić information content (AvgIpc) is 3.25. The van der Waals surface area contributed by atoms with E-state index in [9.17, 15) is 30.3 Å². The number of ether oxygens (including phenoxy) is 2. The normalized spacial score (nSPS) is 21.8. The lowest BCUT2D eigenvalue weighted by Gasteiger charge is -2.40. The van der Waals surface area contributed by atoms with Gasteiger partial charge in [0.1, 0.15) is 24.4 Å². The molecule has 1 rings (SSSR count). The van der Waals surface area contributed by atoms with Crippen molar-refractivity contribution in [3.8, 4) is 0 Å². The van der Waals surface area contributed by atoms with Gasteiger partial charge in [0.25, 0.3) is 0 Å². The molecule has 1 fully saturated rings. The molecule has 1 amide bonds. The highest BCUT2D eigenvalue weighted by atomic mass is 16.7. The van der Waals surface area contributed by atoms with Gasteiger partial charge in [-0.2, -0.15) is 0 Å². The van der Waals surface area contributed by atoms with E-state index in [0.29, 0.717) is 12.8 Å². The second-order valence-electron chi connectivity index (χ2n) is 15.1. The summed E-state index contributed by atoms with van der Waals surface area (Å²) in [5.74, 6) is -0.223. The quantitative estimate of drug-likeness (QED) is 0.0273. The molecule has 60 heavy (non-hydrogen) atoms. The van der Waals surface area contributed by atoms with Gasteiger partial charge in [-0.3, -0.25) is 4.79 Å². The fourth-order valence-corrected chi connectivity index (χ4v) is 6.11. The molecule has 6 N–H and O–H groups in total. The molecule has 1 aliphatic heterocycles. The minimum atomic E-state index is -1.58. The minimum Gasteiger partial charge on any atom is -0.394 e. The Labute approximate surface area is 363 Å². The lowest BCUT2D eigenvalue weighted by atomic mass is 9.99. The van der Waals surface area contributed by atoms with Gasteiger partial charge in [-0.1, -0.05) is 161 Å². The number of carbonyl (C=O) groups excluding carboxylic acids is 1. The maximum Gasteiger partial charge on any atom is 0.220 e. The van der Waals surface area contributed by atoms with Crippen molar-refractivity contribution in [1.29, 1.82) is 0 Å². The number of aliphatic hydroxyl groups is 5. The Balaban J connectivity index is 2.28. The van der Waals surface area contributed by atoms with Crippen LogP contribution in [-0.4, -0.2) is 87.5 Å². The molecular formula is C51H81NO8. The van der Waals surface area contributed by atoms with Crippen LogP contribution in [0.15, 0.2) is 122 Å². The van der Waals surface area contributed by atoms with Crippen LogP contribution >= 0.6 is 0 Å². The van der Waals surface area contributed by atoms with E-state index in [1.807, 2.05) is 6.08 Å². The average molecular weight is 836 g/mol. The molecule has 0 spiro atoms. The molecular weight excluding hydrogens is 755 g/mol. The molecule has 0 bridgehead atoms. The summed E-state index contributed by atoms with van der Waals surface area (Å²) in [5, 5.41) is 53.9. The van der Waals surface area contributed by atoms with Gasteiger partial charge in [-0.05, 0) is 89.9 Å². The summed E-state index contributed by atoms with van der Waals surface area (Å²) in [7, 11) is 0. The molecule has 9 heteroatoms. The SMILES string of the molecule is CC/C=C\C/C=C\C/C=C\C/C=C\C/C=C\C/C=C\C/C=C\C/C=C\CCCCCCC(=O)NC(COC1OC(CO)C(O)C(O)C1O)C(O)/C=C/CC/C=C/CCCC. The number of aliphatic hydroxyl groups excluding tert-OH is 5. The Morgan fingerprint density at radius 1 is 0.583 bits per heavy atom. The highest BCUT2D eigenvalue weighted by molar-refractivity contribution is 5.76. The topological polar surface area (TPSA) is 149 Å². The maximum absolute atomic E-state index is 12.9. The summed E-state index contributed by atoms with van der Waals surface area (Å²) < 4.78 is 11.1. The molecule has 7 atom stereocenters. The Morgan fingerprint density at radius 2 is 1.05 bits per heavy atom. The van der Waals surface area contributed by atoms with Gasteiger partial charge in [0.15, 0.2) is 6.29 Å². The second-order valence-corrected chi connectivity index (χ2v) is 15.1. The van der Waals surface area contributed by atoms with Crippen LogP contribution < -0.4 is 5.32 Å². The number of allylic oxidation sites excluding steroid dienone is 19. The van der Waals surface area contributed by atoms with Crippen LogP contribution in [0, 0.1) is 0 Å². The summed E-state index contributed by atoms with van der Waals surface area (Å²) in [6, 6.07) is -0.842. The van der Waals surface area contributed by atoms with E-state index >= 15 is 0 Å². The molecule has 1 aliphatic rings. The fourth-order valence-electron chi connectivity index (χ4n) is 6.11. The Bertz CT molecular complexity index is 1340. The van der Waals surface area contributed by atoms with Gasteiger partial charge >= 0.3 is 0 Å². The van der Waals surface area contributed by atoms with E-state index in [4.69, 9.17) is 9.47 Å². The van der Waals surface area contributed by atoms with Crippen LogP contribution in [0.25, 0.3) is 0 Å². The van der Waals surface area contributed by atoms with Crippen LogP contribution in [0.4, 0.5) is 0 Å². The van der Waals surface area contributed by atoms with Crippen LogP contribution in [-0.2, 0) is 14.3 Å².